The zero-order chi connectivity index (χ0) is 12.8. The summed E-state index contributed by atoms with van der Waals surface area (Å²) in [7, 11) is 2.98. The predicted octanol–water partition coefficient (Wildman–Crippen LogP) is 0.880. The summed E-state index contributed by atoms with van der Waals surface area (Å²) >= 11 is 0. The van der Waals surface area contributed by atoms with Gasteiger partial charge in [0.25, 0.3) is 0 Å². The smallest absolute Gasteiger partial charge is 0.200 e. The number of rotatable bonds is 6. The van der Waals surface area contributed by atoms with Gasteiger partial charge in [-0.2, -0.15) is 0 Å². The maximum atomic E-state index is 9.72. The van der Waals surface area contributed by atoms with E-state index in [1.54, 1.807) is 19.1 Å². The highest BCUT2D eigenvalue weighted by atomic mass is 16.5. The molecule has 0 aromatic heterocycles. The predicted molar refractivity (Wildman–Crippen MR) is 64.6 cm³/mol. The van der Waals surface area contributed by atoms with Crippen LogP contribution in [0.4, 0.5) is 0 Å². The van der Waals surface area contributed by atoms with E-state index in [2.05, 4.69) is 5.32 Å². The van der Waals surface area contributed by atoms with Crippen LogP contribution in [-0.2, 0) is 6.54 Å². The van der Waals surface area contributed by atoms with Crippen LogP contribution < -0.4 is 14.8 Å². The largest absolute Gasteiger partial charge is 0.502 e. The van der Waals surface area contributed by atoms with Crippen LogP contribution in [0.25, 0.3) is 0 Å². The Balaban J connectivity index is 2.78. The zero-order valence-electron chi connectivity index (χ0n) is 10.4. The molecule has 5 nitrogen and oxygen atoms in total. The van der Waals surface area contributed by atoms with Gasteiger partial charge in [0.05, 0.1) is 20.3 Å². The summed E-state index contributed by atoms with van der Waals surface area (Å²) in [5, 5.41) is 21.9. The monoisotopic (exact) mass is 241 g/mol. The van der Waals surface area contributed by atoms with E-state index in [9.17, 15) is 5.11 Å². The first-order valence-electron chi connectivity index (χ1n) is 5.41. The highest BCUT2D eigenvalue weighted by Gasteiger charge is 2.10. The molecule has 0 aliphatic heterocycles. The second-order valence-electron chi connectivity index (χ2n) is 3.83. The standard InChI is InChI=1S/C12H19NO4/c1-8(14)6-13-7-9-4-10(16-2)12(15)11(5-9)17-3/h4-5,8,13-15H,6-7H2,1-3H3. The number of aliphatic hydroxyl groups excluding tert-OH is 1. The summed E-state index contributed by atoms with van der Waals surface area (Å²) in [6, 6.07) is 3.46. The summed E-state index contributed by atoms with van der Waals surface area (Å²) in [5.41, 5.74) is 0.914. The normalized spacial score (nSPS) is 12.2. The summed E-state index contributed by atoms with van der Waals surface area (Å²) < 4.78 is 10.1. The summed E-state index contributed by atoms with van der Waals surface area (Å²) in [4.78, 5) is 0. The van der Waals surface area contributed by atoms with Crippen molar-refractivity contribution in [1.82, 2.24) is 5.32 Å². The van der Waals surface area contributed by atoms with Gasteiger partial charge in [-0.3, -0.25) is 0 Å². The average Bonchev–Trinajstić information content (AvgIpc) is 2.30. The van der Waals surface area contributed by atoms with E-state index in [1.807, 2.05) is 0 Å². The maximum absolute atomic E-state index is 9.72. The second-order valence-corrected chi connectivity index (χ2v) is 3.83. The lowest BCUT2D eigenvalue weighted by Gasteiger charge is -2.12. The number of nitrogens with one attached hydrogen (secondary N) is 1. The minimum Gasteiger partial charge on any atom is -0.502 e. The van der Waals surface area contributed by atoms with Crippen LogP contribution in [0, 0.1) is 0 Å². The first kappa shape index (κ1) is 13.6. The van der Waals surface area contributed by atoms with E-state index in [4.69, 9.17) is 14.6 Å². The number of hydrogen-bond donors (Lipinski definition) is 3. The molecule has 0 fully saturated rings. The van der Waals surface area contributed by atoms with Crippen molar-refractivity contribution in [3.63, 3.8) is 0 Å². The van der Waals surface area contributed by atoms with Crippen LogP contribution >= 0.6 is 0 Å². The van der Waals surface area contributed by atoms with Crippen LogP contribution in [0.1, 0.15) is 12.5 Å². The molecule has 1 atom stereocenters. The zero-order valence-corrected chi connectivity index (χ0v) is 10.4. The van der Waals surface area contributed by atoms with E-state index in [0.29, 0.717) is 24.6 Å². The van der Waals surface area contributed by atoms with Crippen molar-refractivity contribution in [2.75, 3.05) is 20.8 Å². The molecule has 96 valence electrons. The number of phenolic OH excluding ortho intramolecular Hbond substituents is 1. The van der Waals surface area contributed by atoms with E-state index < -0.39 is 6.10 Å². The molecular formula is C12H19NO4. The number of benzene rings is 1. The molecule has 1 aromatic rings. The number of hydrogen-bond acceptors (Lipinski definition) is 5. The number of aliphatic hydroxyl groups is 1. The van der Waals surface area contributed by atoms with Gasteiger partial charge >= 0.3 is 0 Å². The van der Waals surface area contributed by atoms with Crippen molar-refractivity contribution >= 4 is 0 Å². The molecule has 0 radical (unpaired) electrons. The summed E-state index contributed by atoms with van der Waals surface area (Å²) in [5.74, 6) is 0.741. The first-order valence-corrected chi connectivity index (χ1v) is 5.41. The highest BCUT2D eigenvalue weighted by Crippen LogP contribution is 2.36. The molecular weight excluding hydrogens is 222 g/mol. The molecule has 0 aliphatic carbocycles. The van der Waals surface area contributed by atoms with E-state index in [1.165, 1.54) is 14.2 Å². The number of methoxy groups -OCH3 is 2. The molecule has 3 N–H and O–H groups in total. The maximum Gasteiger partial charge on any atom is 0.200 e. The fourth-order valence-electron chi connectivity index (χ4n) is 1.48. The summed E-state index contributed by atoms with van der Waals surface area (Å²) in [6.45, 7) is 2.79. The third kappa shape index (κ3) is 3.80. The SMILES string of the molecule is COc1cc(CNCC(C)O)cc(OC)c1O. The quantitative estimate of drug-likeness (QED) is 0.689. The van der Waals surface area contributed by atoms with Gasteiger partial charge in [-0.15, -0.1) is 0 Å². The molecule has 0 amide bonds. The van der Waals surface area contributed by atoms with Crippen LogP contribution in [0.15, 0.2) is 12.1 Å². The van der Waals surface area contributed by atoms with Gasteiger partial charge in [-0.05, 0) is 24.6 Å². The van der Waals surface area contributed by atoms with Crippen LogP contribution in [0.2, 0.25) is 0 Å². The van der Waals surface area contributed by atoms with Gasteiger partial charge in [0, 0.05) is 13.1 Å². The molecule has 0 bridgehead atoms. The molecule has 1 unspecified atom stereocenters. The summed E-state index contributed by atoms with van der Waals surface area (Å²) in [6.07, 6.45) is -0.393. The van der Waals surface area contributed by atoms with Gasteiger partial charge in [0.15, 0.2) is 11.5 Å². The van der Waals surface area contributed by atoms with E-state index in [0.717, 1.165) is 5.56 Å². The van der Waals surface area contributed by atoms with Gasteiger partial charge in [0.2, 0.25) is 5.75 Å². The Morgan fingerprint density at radius 3 is 2.18 bits per heavy atom. The number of phenols is 1. The Morgan fingerprint density at radius 1 is 1.24 bits per heavy atom. The molecule has 0 spiro atoms. The van der Waals surface area contributed by atoms with E-state index in [-0.39, 0.29) is 5.75 Å². The lowest BCUT2D eigenvalue weighted by Crippen LogP contribution is -2.23. The Labute approximate surface area is 101 Å². The van der Waals surface area contributed by atoms with Crippen LogP contribution in [0.5, 0.6) is 17.2 Å². The Hall–Kier alpha value is -1.46. The van der Waals surface area contributed by atoms with Gasteiger partial charge in [-0.25, -0.2) is 0 Å². The molecule has 5 heteroatoms. The van der Waals surface area contributed by atoms with Gasteiger partial charge in [-0.1, -0.05) is 0 Å². The topological polar surface area (TPSA) is 71.0 Å². The molecule has 1 rings (SSSR count). The van der Waals surface area contributed by atoms with Crippen molar-refractivity contribution in [3.05, 3.63) is 17.7 Å². The number of ether oxygens (including phenoxy) is 2. The third-order valence-electron chi connectivity index (χ3n) is 2.31. The average molecular weight is 241 g/mol. The Morgan fingerprint density at radius 2 is 1.76 bits per heavy atom. The molecule has 0 heterocycles. The van der Waals surface area contributed by atoms with Crippen molar-refractivity contribution in [3.8, 4) is 17.2 Å². The molecule has 0 aliphatic rings. The van der Waals surface area contributed by atoms with Crippen molar-refractivity contribution < 1.29 is 19.7 Å². The molecule has 0 saturated carbocycles. The van der Waals surface area contributed by atoms with Gasteiger partial charge < -0.3 is 25.0 Å². The van der Waals surface area contributed by atoms with Gasteiger partial charge in [0.1, 0.15) is 0 Å². The van der Waals surface area contributed by atoms with E-state index >= 15 is 0 Å². The van der Waals surface area contributed by atoms with Crippen molar-refractivity contribution in [1.29, 1.82) is 0 Å². The van der Waals surface area contributed by atoms with Crippen molar-refractivity contribution in [2.45, 2.75) is 19.6 Å². The fraction of sp³-hybridized carbons (Fsp3) is 0.500. The fourth-order valence-corrected chi connectivity index (χ4v) is 1.48. The first-order chi connectivity index (χ1) is 8.08. The van der Waals surface area contributed by atoms with Crippen molar-refractivity contribution in [2.24, 2.45) is 0 Å². The Kier molecular flexibility index (Phi) is 5.06. The lowest BCUT2D eigenvalue weighted by molar-refractivity contribution is 0.191. The minimum atomic E-state index is -0.393. The second kappa shape index (κ2) is 6.32. The molecule has 0 saturated heterocycles. The number of aromatic hydroxyl groups is 1. The van der Waals surface area contributed by atoms with Crippen LogP contribution in [0.3, 0.4) is 0 Å². The Bertz CT molecular complexity index is 341. The lowest BCUT2D eigenvalue weighted by atomic mass is 10.1. The minimum absolute atomic E-state index is 0.00530. The molecule has 1 aromatic carbocycles. The highest BCUT2D eigenvalue weighted by molar-refractivity contribution is 5.52. The molecule has 17 heavy (non-hydrogen) atoms. The van der Waals surface area contributed by atoms with Crippen LogP contribution in [-0.4, -0.2) is 37.1 Å². The third-order valence-corrected chi connectivity index (χ3v) is 2.31.